The quantitative estimate of drug-likeness (QED) is 0.363. The largest absolute Gasteiger partial charge is 0.481 e. The van der Waals surface area contributed by atoms with Crippen LogP contribution in [0, 0.1) is 0 Å². The highest BCUT2D eigenvalue weighted by Crippen LogP contribution is 2.12. The Bertz CT molecular complexity index is 689. The maximum Gasteiger partial charge on any atom is 0.213 e. The van der Waals surface area contributed by atoms with Gasteiger partial charge in [-0.1, -0.05) is 35.0 Å². The number of hydrogen-bond donors (Lipinski definition) is 1. The summed E-state index contributed by atoms with van der Waals surface area (Å²) in [5, 5.41) is 4.40. The van der Waals surface area contributed by atoms with Gasteiger partial charge in [0.05, 0.1) is 7.11 Å². The lowest BCUT2D eigenvalue weighted by Crippen LogP contribution is -2.20. The van der Waals surface area contributed by atoms with E-state index in [2.05, 4.69) is 10.1 Å². The molecule has 0 aliphatic rings. The van der Waals surface area contributed by atoms with E-state index in [-0.39, 0.29) is 5.84 Å². The standard InChI is InChI=1S/C16H16ClN3O3/c1-22-15-4-2-3-14(19-15)16(18)20-23-13(10-21)9-11-5-7-12(17)8-6-11/h2-8,10,13H,9H2,1H3,(H2,18,20). The highest BCUT2D eigenvalue weighted by molar-refractivity contribution is 6.30. The Morgan fingerprint density at radius 2 is 2.09 bits per heavy atom. The molecule has 1 aromatic heterocycles. The van der Waals surface area contributed by atoms with Crippen molar-refractivity contribution >= 4 is 23.7 Å². The number of nitrogens with two attached hydrogens (primary N) is 1. The van der Waals surface area contributed by atoms with Crippen molar-refractivity contribution in [3.63, 3.8) is 0 Å². The zero-order chi connectivity index (χ0) is 16.7. The molecular formula is C16H16ClN3O3. The molecule has 1 unspecified atom stereocenters. The van der Waals surface area contributed by atoms with E-state index in [1.807, 2.05) is 12.1 Å². The Labute approximate surface area is 138 Å². The van der Waals surface area contributed by atoms with Gasteiger partial charge in [-0.2, -0.15) is 0 Å². The summed E-state index contributed by atoms with van der Waals surface area (Å²) in [6.45, 7) is 0. The minimum Gasteiger partial charge on any atom is -0.481 e. The Hall–Kier alpha value is -2.60. The summed E-state index contributed by atoms with van der Waals surface area (Å²) in [5.41, 5.74) is 7.11. The molecule has 0 saturated carbocycles. The average Bonchev–Trinajstić information content (AvgIpc) is 2.60. The van der Waals surface area contributed by atoms with Crippen molar-refractivity contribution in [2.45, 2.75) is 12.5 Å². The first-order valence-electron chi connectivity index (χ1n) is 6.83. The predicted molar refractivity (Wildman–Crippen MR) is 87.6 cm³/mol. The van der Waals surface area contributed by atoms with E-state index < -0.39 is 6.10 Å². The lowest BCUT2D eigenvalue weighted by Gasteiger charge is -2.09. The van der Waals surface area contributed by atoms with Crippen LogP contribution in [0.15, 0.2) is 47.6 Å². The number of hydrogen-bond acceptors (Lipinski definition) is 5. The van der Waals surface area contributed by atoms with E-state index in [1.165, 1.54) is 7.11 Å². The van der Waals surface area contributed by atoms with Crippen LogP contribution in [-0.2, 0) is 16.1 Å². The number of benzene rings is 1. The zero-order valence-electron chi connectivity index (χ0n) is 12.5. The van der Waals surface area contributed by atoms with Crippen molar-refractivity contribution in [2.24, 2.45) is 10.9 Å². The van der Waals surface area contributed by atoms with E-state index in [4.69, 9.17) is 26.9 Å². The van der Waals surface area contributed by atoms with Gasteiger partial charge < -0.3 is 15.3 Å². The lowest BCUT2D eigenvalue weighted by molar-refractivity contribution is -0.117. The third-order valence-electron chi connectivity index (χ3n) is 2.98. The van der Waals surface area contributed by atoms with Gasteiger partial charge in [0.2, 0.25) is 5.88 Å². The lowest BCUT2D eigenvalue weighted by atomic mass is 10.1. The van der Waals surface area contributed by atoms with Crippen LogP contribution in [0.5, 0.6) is 5.88 Å². The van der Waals surface area contributed by atoms with Gasteiger partial charge in [-0.3, -0.25) is 4.79 Å². The molecule has 2 N–H and O–H groups in total. The molecule has 0 radical (unpaired) electrons. The number of oxime groups is 1. The minimum absolute atomic E-state index is 0.0619. The summed E-state index contributed by atoms with van der Waals surface area (Å²) in [6.07, 6.45) is 0.285. The van der Waals surface area contributed by atoms with E-state index in [0.29, 0.717) is 29.3 Å². The normalized spacial score (nSPS) is 12.5. The molecule has 2 aromatic rings. The number of aromatic nitrogens is 1. The number of ether oxygens (including phenoxy) is 1. The van der Waals surface area contributed by atoms with Crippen molar-refractivity contribution in [1.82, 2.24) is 4.98 Å². The van der Waals surface area contributed by atoms with Crippen LogP contribution in [0.3, 0.4) is 0 Å². The third kappa shape index (κ3) is 4.96. The first-order chi connectivity index (χ1) is 11.1. The molecule has 1 atom stereocenters. The third-order valence-corrected chi connectivity index (χ3v) is 3.24. The number of methoxy groups -OCH3 is 1. The van der Waals surface area contributed by atoms with E-state index >= 15 is 0 Å². The number of aldehydes is 1. The Morgan fingerprint density at radius 3 is 2.74 bits per heavy atom. The summed E-state index contributed by atoms with van der Waals surface area (Å²) in [7, 11) is 1.50. The summed E-state index contributed by atoms with van der Waals surface area (Å²) < 4.78 is 5.01. The summed E-state index contributed by atoms with van der Waals surface area (Å²) in [5.74, 6) is 0.473. The van der Waals surface area contributed by atoms with Crippen molar-refractivity contribution in [3.05, 3.63) is 58.7 Å². The number of carbonyl (C=O) groups is 1. The number of carbonyl (C=O) groups excluding carboxylic acids is 1. The maximum atomic E-state index is 11.1. The highest BCUT2D eigenvalue weighted by Gasteiger charge is 2.11. The molecular weight excluding hydrogens is 318 g/mol. The van der Waals surface area contributed by atoms with Crippen molar-refractivity contribution in [2.75, 3.05) is 7.11 Å². The van der Waals surface area contributed by atoms with Gasteiger partial charge in [0.1, 0.15) is 5.69 Å². The number of rotatable bonds is 7. The second kappa shape index (κ2) is 8.14. The van der Waals surface area contributed by atoms with Gasteiger partial charge in [-0.25, -0.2) is 4.98 Å². The topological polar surface area (TPSA) is 86.8 Å². The van der Waals surface area contributed by atoms with Gasteiger partial charge >= 0.3 is 0 Å². The van der Waals surface area contributed by atoms with Gasteiger partial charge in [0.15, 0.2) is 18.2 Å². The van der Waals surface area contributed by atoms with E-state index in [0.717, 1.165) is 5.56 Å². The maximum absolute atomic E-state index is 11.1. The number of nitrogens with zero attached hydrogens (tertiary/aromatic N) is 2. The molecule has 0 spiro atoms. The van der Waals surface area contributed by atoms with Gasteiger partial charge in [0.25, 0.3) is 0 Å². The number of halogens is 1. The van der Waals surface area contributed by atoms with E-state index in [1.54, 1.807) is 30.3 Å². The Morgan fingerprint density at radius 1 is 1.35 bits per heavy atom. The summed E-state index contributed by atoms with van der Waals surface area (Å²) in [4.78, 5) is 20.5. The van der Waals surface area contributed by atoms with Crippen LogP contribution in [-0.4, -0.2) is 30.3 Å². The first-order valence-corrected chi connectivity index (χ1v) is 7.20. The number of pyridine rings is 1. The second-order valence-electron chi connectivity index (χ2n) is 4.65. The summed E-state index contributed by atoms with van der Waals surface area (Å²) >= 11 is 5.82. The Kier molecular flexibility index (Phi) is 5.94. The molecule has 0 bridgehead atoms. The molecule has 0 aliphatic carbocycles. The molecule has 1 heterocycles. The molecule has 7 heteroatoms. The fourth-order valence-electron chi connectivity index (χ4n) is 1.81. The fraction of sp³-hybridized carbons (Fsp3) is 0.188. The molecule has 120 valence electrons. The molecule has 2 rings (SSSR count). The molecule has 0 amide bonds. The monoisotopic (exact) mass is 333 g/mol. The molecule has 1 aromatic carbocycles. The predicted octanol–water partition coefficient (Wildman–Crippen LogP) is 2.19. The Balaban J connectivity index is 2.03. The van der Waals surface area contributed by atoms with Crippen LogP contribution >= 0.6 is 11.6 Å². The minimum atomic E-state index is -0.750. The van der Waals surface area contributed by atoms with Crippen LogP contribution in [0.2, 0.25) is 5.02 Å². The average molecular weight is 334 g/mol. The SMILES string of the molecule is COc1cccc(C(N)=NOC(C=O)Cc2ccc(Cl)cc2)n1. The molecule has 0 saturated heterocycles. The first kappa shape index (κ1) is 16.8. The van der Waals surface area contributed by atoms with Gasteiger partial charge in [0, 0.05) is 17.5 Å². The zero-order valence-corrected chi connectivity index (χ0v) is 13.2. The van der Waals surface area contributed by atoms with Crippen molar-refractivity contribution < 1.29 is 14.4 Å². The fourth-order valence-corrected chi connectivity index (χ4v) is 1.93. The van der Waals surface area contributed by atoms with Crippen LogP contribution in [0.25, 0.3) is 0 Å². The van der Waals surface area contributed by atoms with Gasteiger partial charge in [-0.05, 0) is 23.8 Å². The molecule has 6 nitrogen and oxygen atoms in total. The van der Waals surface area contributed by atoms with E-state index in [9.17, 15) is 4.79 Å². The second-order valence-corrected chi connectivity index (χ2v) is 5.09. The molecule has 0 aliphatic heterocycles. The molecule has 0 fully saturated rings. The highest BCUT2D eigenvalue weighted by atomic mass is 35.5. The van der Waals surface area contributed by atoms with Crippen LogP contribution in [0.1, 0.15) is 11.3 Å². The summed E-state index contributed by atoms with van der Waals surface area (Å²) in [6, 6.07) is 12.2. The van der Waals surface area contributed by atoms with Crippen LogP contribution < -0.4 is 10.5 Å². The van der Waals surface area contributed by atoms with Gasteiger partial charge in [-0.15, -0.1) is 0 Å². The van der Waals surface area contributed by atoms with Crippen LogP contribution in [0.4, 0.5) is 0 Å². The number of amidine groups is 1. The van der Waals surface area contributed by atoms with Crippen molar-refractivity contribution in [1.29, 1.82) is 0 Å². The van der Waals surface area contributed by atoms with Crippen molar-refractivity contribution in [3.8, 4) is 5.88 Å². The molecule has 23 heavy (non-hydrogen) atoms. The smallest absolute Gasteiger partial charge is 0.213 e.